The van der Waals surface area contributed by atoms with E-state index in [9.17, 15) is 4.79 Å². The third kappa shape index (κ3) is 4.92. The average molecular weight is 584 g/mol. The Labute approximate surface area is 208 Å². The van der Waals surface area contributed by atoms with Gasteiger partial charge in [-0.05, 0) is 46.6 Å². The zero-order valence-electron chi connectivity index (χ0n) is 17.9. The molecule has 9 heteroatoms. The van der Waals surface area contributed by atoms with Gasteiger partial charge in [0.25, 0.3) is 5.56 Å². The highest BCUT2D eigenvalue weighted by Crippen LogP contribution is 2.42. The van der Waals surface area contributed by atoms with Crippen molar-refractivity contribution in [2.45, 2.75) is 26.2 Å². The number of methoxy groups -OCH3 is 1. The van der Waals surface area contributed by atoms with Gasteiger partial charge in [0.15, 0.2) is 11.5 Å². The topological polar surface area (TPSA) is 65.7 Å². The fourth-order valence-electron chi connectivity index (χ4n) is 3.03. The van der Waals surface area contributed by atoms with Gasteiger partial charge >= 0.3 is 0 Å². The molecular weight excluding hydrogens is 562 g/mol. The van der Waals surface area contributed by atoms with Gasteiger partial charge in [-0.15, -0.1) is 0 Å². The zero-order valence-corrected chi connectivity index (χ0v) is 21.8. The highest BCUT2D eigenvalue weighted by atomic mass is 79.9. The highest BCUT2D eigenvalue weighted by Gasteiger charge is 2.18. The maximum Gasteiger partial charge on any atom is 0.282 e. The largest absolute Gasteiger partial charge is 0.493 e. The summed E-state index contributed by atoms with van der Waals surface area (Å²) in [7, 11) is 1.53. The maximum atomic E-state index is 13.3. The summed E-state index contributed by atoms with van der Waals surface area (Å²) in [6.45, 7) is 7.98. The third-order valence-corrected chi connectivity index (χ3v) is 6.86. The highest BCUT2D eigenvalue weighted by molar-refractivity contribution is 9.10. The molecule has 0 fully saturated rings. The third-order valence-electron chi connectivity index (χ3n) is 4.92. The smallest absolute Gasteiger partial charge is 0.282 e. The van der Waals surface area contributed by atoms with Crippen LogP contribution < -0.4 is 15.0 Å². The maximum absolute atomic E-state index is 13.3. The lowest BCUT2D eigenvalue weighted by atomic mass is 10.1. The lowest BCUT2D eigenvalue weighted by molar-refractivity contribution is 0.326. The molecule has 0 amide bonds. The molecule has 3 aromatic rings. The molecule has 0 N–H and O–H groups in total. The Hall–Kier alpha value is -2.16. The van der Waals surface area contributed by atoms with Gasteiger partial charge in [-0.3, -0.25) is 4.79 Å². The molecule has 0 radical (unpaired) electrons. The summed E-state index contributed by atoms with van der Waals surface area (Å²) in [5, 5.41) is 5.31. The van der Waals surface area contributed by atoms with Crippen LogP contribution in [0.3, 0.4) is 0 Å². The molecule has 0 saturated heterocycles. The number of hydrogen-bond donors (Lipinski definition) is 0. The van der Waals surface area contributed by atoms with Gasteiger partial charge in [0, 0.05) is 20.4 Å². The number of aromatic nitrogens is 2. The van der Waals surface area contributed by atoms with E-state index in [1.54, 1.807) is 24.4 Å². The van der Waals surface area contributed by atoms with Gasteiger partial charge in [-0.1, -0.05) is 54.0 Å². The van der Waals surface area contributed by atoms with Gasteiger partial charge in [-0.25, -0.2) is 4.98 Å². The van der Waals surface area contributed by atoms with Crippen LogP contribution in [0.15, 0.2) is 55.8 Å². The van der Waals surface area contributed by atoms with Crippen LogP contribution >= 0.6 is 43.5 Å². The van der Waals surface area contributed by atoms with E-state index in [2.05, 4.69) is 43.5 Å². The van der Waals surface area contributed by atoms with Crippen LogP contribution in [0.5, 0.6) is 11.5 Å². The van der Waals surface area contributed by atoms with Crippen LogP contribution in [0.25, 0.3) is 10.9 Å². The summed E-state index contributed by atoms with van der Waals surface area (Å²) in [6, 6.07) is 7.17. The normalized spacial score (nSPS) is 12.3. The molecule has 32 heavy (non-hydrogen) atoms. The first-order chi connectivity index (χ1) is 15.3. The predicted octanol–water partition coefficient (Wildman–Crippen LogP) is 6.54. The molecule has 168 valence electrons. The van der Waals surface area contributed by atoms with Gasteiger partial charge in [0.2, 0.25) is 0 Å². The molecule has 2 aromatic carbocycles. The van der Waals surface area contributed by atoms with E-state index >= 15 is 0 Å². The Morgan fingerprint density at radius 2 is 2.09 bits per heavy atom. The van der Waals surface area contributed by atoms with Crippen LogP contribution in [0.4, 0.5) is 0 Å². The molecule has 0 aliphatic heterocycles. The second-order valence-corrected chi connectivity index (χ2v) is 9.11. The van der Waals surface area contributed by atoms with E-state index in [-0.39, 0.29) is 18.1 Å². The van der Waals surface area contributed by atoms with Crippen molar-refractivity contribution in [2.24, 2.45) is 5.10 Å². The Morgan fingerprint density at radius 3 is 2.75 bits per heavy atom. The van der Waals surface area contributed by atoms with E-state index in [0.717, 1.165) is 10.9 Å². The second kappa shape index (κ2) is 10.6. The van der Waals surface area contributed by atoms with Gasteiger partial charge in [-0.2, -0.15) is 9.78 Å². The summed E-state index contributed by atoms with van der Waals surface area (Å²) < 4.78 is 13.8. The zero-order chi connectivity index (χ0) is 23.4. The number of rotatable bonds is 8. The van der Waals surface area contributed by atoms with Crippen LogP contribution in [-0.2, 0) is 0 Å². The monoisotopic (exact) mass is 581 g/mol. The predicted molar refractivity (Wildman–Crippen MR) is 137 cm³/mol. The number of benzene rings is 2. The Kier molecular flexibility index (Phi) is 8.14. The molecule has 1 atom stereocenters. The van der Waals surface area contributed by atoms with Crippen molar-refractivity contribution in [2.75, 3.05) is 13.7 Å². The van der Waals surface area contributed by atoms with E-state index in [1.165, 1.54) is 11.8 Å². The Bertz CT molecular complexity index is 1260. The van der Waals surface area contributed by atoms with Crippen molar-refractivity contribution in [1.29, 1.82) is 0 Å². The van der Waals surface area contributed by atoms with Crippen LogP contribution in [0, 0.1) is 0 Å². The molecule has 0 saturated carbocycles. The Balaban J connectivity index is 2.17. The van der Waals surface area contributed by atoms with Gasteiger partial charge < -0.3 is 9.47 Å². The summed E-state index contributed by atoms with van der Waals surface area (Å²) in [5.74, 6) is 1.46. The number of ether oxygens (including phenoxy) is 2. The average Bonchev–Trinajstić information content (AvgIpc) is 2.79. The molecular formula is C23H22Br2ClN3O3. The lowest BCUT2D eigenvalue weighted by Gasteiger charge is -2.15. The summed E-state index contributed by atoms with van der Waals surface area (Å²) in [6.07, 6.45) is 3.98. The molecule has 0 aliphatic carbocycles. The standard InChI is InChI=1S/C23H22Br2ClN3O3/c1-5-9-32-21-18(31-4)10-14(19(25)20(21)26)12-27-29-22(13(3)6-2)28-17-8-7-15(24)11-16(17)23(29)30/h5,7-8,10-13H,1,6,9H2,2-4H3/t13-/m0/s1. The molecule has 1 heterocycles. The number of nitrogens with zero attached hydrogens (tertiary/aromatic N) is 3. The fourth-order valence-corrected chi connectivity index (χ4v) is 4.04. The molecule has 0 aliphatic rings. The summed E-state index contributed by atoms with van der Waals surface area (Å²) in [5.41, 5.74) is 1.01. The van der Waals surface area contributed by atoms with Crippen molar-refractivity contribution in [1.82, 2.24) is 9.66 Å². The van der Waals surface area contributed by atoms with E-state index in [1.807, 2.05) is 26.0 Å². The Morgan fingerprint density at radius 1 is 1.34 bits per heavy atom. The fraction of sp³-hybridized carbons (Fsp3) is 0.261. The lowest BCUT2D eigenvalue weighted by Crippen LogP contribution is -2.23. The van der Waals surface area contributed by atoms with Gasteiger partial charge in [0.05, 0.1) is 24.2 Å². The first-order valence-electron chi connectivity index (χ1n) is 9.88. The summed E-state index contributed by atoms with van der Waals surface area (Å²) in [4.78, 5) is 18.0. The van der Waals surface area contributed by atoms with Crippen molar-refractivity contribution in [3.8, 4) is 11.5 Å². The minimum absolute atomic E-state index is 0.0316. The van der Waals surface area contributed by atoms with E-state index < -0.39 is 0 Å². The second-order valence-electron chi connectivity index (χ2n) is 7.03. The molecule has 0 spiro atoms. The van der Waals surface area contributed by atoms with Crippen LogP contribution in [0.1, 0.15) is 37.6 Å². The number of hydrogen-bond acceptors (Lipinski definition) is 5. The number of fused-ring (bicyclic) bond motifs is 1. The van der Waals surface area contributed by atoms with E-state index in [4.69, 9.17) is 26.1 Å². The van der Waals surface area contributed by atoms with Crippen molar-refractivity contribution in [3.05, 3.63) is 72.6 Å². The van der Waals surface area contributed by atoms with Crippen LogP contribution in [0.2, 0.25) is 5.02 Å². The van der Waals surface area contributed by atoms with Crippen molar-refractivity contribution < 1.29 is 9.47 Å². The molecule has 3 rings (SSSR count). The first kappa shape index (κ1) is 24.5. The van der Waals surface area contributed by atoms with Crippen molar-refractivity contribution >= 4 is 60.6 Å². The molecule has 0 unspecified atom stereocenters. The molecule has 1 aromatic heterocycles. The minimum atomic E-state index is -0.247. The molecule has 0 bridgehead atoms. The van der Waals surface area contributed by atoms with E-state index in [0.29, 0.717) is 43.3 Å². The number of halogens is 3. The van der Waals surface area contributed by atoms with Gasteiger partial charge in [0.1, 0.15) is 17.5 Å². The molecule has 6 nitrogen and oxygen atoms in total. The van der Waals surface area contributed by atoms with Crippen LogP contribution in [-0.4, -0.2) is 29.6 Å². The quantitative estimate of drug-likeness (QED) is 0.223. The summed E-state index contributed by atoms with van der Waals surface area (Å²) >= 11 is 13.4. The van der Waals surface area contributed by atoms with Crippen molar-refractivity contribution in [3.63, 3.8) is 0 Å². The minimum Gasteiger partial charge on any atom is -0.493 e. The first-order valence-corrected chi connectivity index (χ1v) is 11.8. The SMILES string of the molecule is C=CCOc1c(OC)cc(C=Nn2c([C@@H](C)CC)nc3ccc(Br)cc3c2=O)c(Br)c1Cl.